The van der Waals surface area contributed by atoms with E-state index >= 15 is 0 Å². The van der Waals surface area contributed by atoms with Crippen molar-refractivity contribution in [2.75, 3.05) is 33.4 Å². The van der Waals surface area contributed by atoms with Crippen molar-refractivity contribution >= 4 is 30.7 Å². The molecule has 3 N–H and O–H groups in total. The second kappa shape index (κ2) is 11.5. The molecular formula is C15H31Cl2N3O2. The molecule has 1 aliphatic heterocycles. The van der Waals surface area contributed by atoms with Crippen molar-refractivity contribution < 1.29 is 9.53 Å². The maximum absolute atomic E-state index is 12.1. The van der Waals surface area contributed by atoms with Crippen molar-refractivity contribution in [3.8, 4) is 0 Å². The Hall–Kier alpha value is -0.0700. The highest BCUT2D eigenvalue weighted by Gasteiger charge is 2.27. The molecule has 0 aromatic carbocycles. The van der Waals surface area contributed by atoms with Crippen molar-refractivity contribution in [2.45, 2.75) is 50.6 Å². The molecule has 1 heterocycles. The summed E-state index contributed by atoms with van der Waals surface area (Å²) < 4.78 is 5.10. The molecule has 1 saturated heterocycles. The number of amides is 1. The van der Waals surface area contributed by atoms with Gasteiger partial charge in [0.15, 0.2) is 0 Å². The number of likely N-dealkylation sites (tertiary alicyclic amines) is 1. The first kappa shape index (κ1) is 21.9. The first-order valence-electron chi connectivity index (χ1n) is 7.95. The van der Waals surface area contributed by atoms with Gasteiger partial charge in [0.05, 0.1) is 6.61 Å². The Morgan fingerprint density at radius 1 is 1.23 bits per heavy atom. The molecule has 0 aromatic rings. The van der Waals surface area contributed by atoms with E-state index in [1.807, 2.05) is 0 Å². The normalized spacial score (nSPS) is 26.1. The van der Waals surface area contributed by atoms with Gasteiger partial charge in [0.1, 0.15) is 0 Å². The van der Waals surface area contributed by atoms with Crippen LogP contribution in [-0.4, -0.2) is 56.2 Å². The van der Waals surface area contributed by atoms with Crippen molar-refractivity contribution in [3.63, 3.8) is 0 Å². The van der Waals surface area contributed by atoms with Crippen LogP contribution in [0, 0.1) is 5.92 Å². The summed E-state index contributed by atoms with van der Waals surface area (Å²) in [6.07, 6.45) is 6.08. The molecule has 0 unspecified atom stereocenters. The monoisotopic (exact) mass is 355 g/mol. The molecule has 132 valence electrons. The summed E-state index contributed by atoms with van der Waals surface area (Å²) in [5.41, 5.74) is 6.03. The number of hydrogen-bond donors (Lipinski definition) is 2. The average molecular weight is 356 g/mol. The number of piperidine rings is 1. The van der Waals surface area contributed by atoms with Gasteiger partial charge in [-0.3, -0.25) is 4.79 Å². The van der Waals surface area contributed by atoms with E-state index in [0.29, 0.717) is 18.4 Å². The summed E-state index contributed by atoms with van der Waals surface area (Å²) >= 11 is 0. The molecule has 1 saturated carbocycles. The van der Waals surface area contributed by atoms with Gasteiger partial charge in [-0.1, -0.05) is 6.42 Å². The average Bonchev–Trinajstić information content (AvgIpc) is 2.83. The van der Waals surface area contributed by atoms with E-state index in [0.717, 1.165) is 51.9 Å². The molecule has 5 nitrogen and oxygen atoms in total. The number of carbonyl (C=O) groups excluding carboxylic acids is 1. The Morgan fingerprint density at radius 2 is 1.91 bits per heavy atom. The molecule has 2 fully saturated rings. The molecule has 0 aromatic heterocycles. The standard InChI is InChI=1S/C15H29N3O2.2ClH/c1-20-10-9-18-7-5-13(6-8-18)17-15(19)11-12-3-2-4-14(12)16;;/h12-14H,2-11,16H2,1H3,(H,17,19);2*1H/t12-,14+;;/m0../s1. The van der Waals surface area contributed by atoms with Gasteiger partial charge in [-0.05, 0) is 31.6 Å². The van der Waals surface area contributed by atoms with Crippen LogP contribution in [-0.2, 0) is 9.53 Å². The molecule has 2 atom stereocenters. The third-order valence-electron chi connectivity index (χ3n) is 4.73. The number of hydrogen-bond acceptors (Lipinski definition) is 4. The zero-order valence-corrected chi connectivity index (χ0v) is 15.1. The van der Waals surface area contributed by atoms with Crippen LogP contribution in [0.2, 0.25) is 0 Å². The van der Waals surface area contributed by atoms with Crippen LogP contribution in [0.5, 0.6) is 0 Å². The van der Waals surface area contributed by atoms with Crippen molar-refractivity contribution in [3.05, 3.63) is 0 Å². The quantitative estimate of drug-likeness (QED) is 0.758. The van der Waals surface area contributed by atoms with Gasteiger partial charge < -0.3 is 20.7 Å². The van der Waals surface area contributed by atoms with E-state index in [-0.39, 0.29) is 36.8 Å². The number of nitrogens with one attached hydrogen (secondary N) is 1. The van der Waals surface area contributed by atoms with E-state index < -0.39 is 0 Å². The fraction of sp³-hybridized carbons (Fsp3) is 0.933. The molecule has 0 bridgehead atoms. The van der Waals surface area contributed by atoms with Crippen molar-refractivity contribution in [2.24, 2.45) is 11.7 Å². The Balaban J connectivity index is 0.00000220. The number of carbonyl (C=O) groups is 1. The zero-order valence-electron chi connectivity index (χ0n) is 13.5. The van der Waals surface area contributed by atoms with Crippen LogP contribution >= 0.6 is 24.8 Å². The molecule has 22 heavy (non-hydrogen) atoms. The minimum Gasteiger partial charge on any atom is -0.383 e. The smallest absolute Gasteiger partial charge is 0.220 e. The number of nitrogens with zero attached hydrogens (tertiary/aromatic N) is 1. The lowest BCUT2D eigenvalue weighted by atomic mass is 9.98. The molecule has 2 rings (SSSR count). The first-order chi connectivity index (χ1) is 9.69. The summed E-state index contributed by atoms with van der Waals surface area (Å²) in [5.74, 6) is 0.597. The van der Waals surface area contributed by atoms with E-state index in [1.54, 1.807) is 7.11 Å². The molecule has 1 amide bonds. The number of nitrogens with two attached hydrogens (primary N) is 1. The highest BCUT2D eigenvalue weighted by Crippen LogP contribution is 2.26. The van der Waals surface area contributed by atoms with Gasteiger partial charge in [0.2, 0.25) is 5.91 Å². The third kappa shape index (κ3) is 7.01. The maximum atomic E-state index is 12.1. The number of rotatable bonds is 6. The van der Waals surface area contributed by atoms with E-state index in [4.69, 9.17) is 10.5 Å². The summed E-state index contributed by atoms with van der Waals surface area (Å²) in [7, 11) is 1.74. The Labute approximate surface area is 146 Å². The first-order valence-corrected chi connectivity index (χ1v) is 7.95. The Kier molecular flexibility index (Phi) is 11.4. The SMILES string of the molecule is COCCN1CCC(NC(=O)C[C@@H]2CCC[C@H]2N)CC1.Cl.Cl. The molecule has 7 heteroatoms. The fourth-order valence-electron chi connectivity index (χ4n) is 3.36. The number of halogens is 2. The van der Waals surface area contributed by atoms with Gasteiger partial charge >= 0.3 is 0 Å². The van der Waals surface area contributed by atoms with E-state index in [2.05, 4.69) is 10.2 Å². The van der Waals surface area contributed by atoms with Crippen molar-refractivity contribution in [1.82, 2.24) is 10.2 Å². The number of ether oxygens (including phenoxy) is 1. The summed E-state index contributed by atoms with van der Waals surface area (Å²) in [5, 5.41) is 3.19. The molecule has 0 radical (unpaired) electrons. The highest BCUT2D eigenvalue weighted by atomic mass is 35.5. The predicted octanol–water partition coefficient (Wildman–Crippen LogP) is 1.57. The van der Waals surface area contributed by atoms with Gasteiger partial charge in [0.25, 0.3) is 0 Å². The van der Waals surface area contributed by atoms with Crippen LogP contribution in [0.25, 0.3) is 0 Å². The second-order valence-corrected chi connectivity index (χ2v) is 6.24. The minimum atomic E-state index is 0. The Morgan fingerprint density at radius 3 is 2.45 bits per heavy atom. The van der Waals surface area contributed by atoms with Gasteiger partial charge in [-0.25, -0.2) is 0 Å². The second-order valence-electron chi connectivity index (χ2n) is 6.24. The van der Waals surface area contributed by atoms with Crippen molar-refractivity contribution in [1.29, 1.82) is 0 Å². The van der Waals surface area contributed by atoms with Crippen LogP contribution in [0.3, 0.4) is 0 Å². The molecule has 0 spiro atoms. The molecular weight excluding hydrogens is 325 g/mol. The largest absolute Gasteiger partial charge is 0.383 e. The Bertz CT molecular complexity index is 313. The van der Waals surface area contributed by atoms with Crippen LogP contribution in [0.4, 0.5) is 0 Å². The predicted molar refractivity (Wildman–Crippen MR) is 93.9 cm³/mol. The summed E-state index contributed by atoms with van der Waals surface area (Å²) in [6.45, 7) is 3.89. The van der Waals surface area contributed by atoms with Crippen LogP contribution in [0.1, 0.15) is 38.5 Å². The van der Waals surface area contributed by atoms with Crippen LogP contribution in [0.15, 0.2) is 0 Å². The third-order valence-corrected chi connectivity index (χ3v) is 4.73. The van der Waals surface area contributed by atoms with E-state index in [1.165, 1.54) is 6.42 Å². The highest BCUT2D eigenvalue weighted by molar-refractivity contribution is 5.85. The lowest BCUT2D eigenvalue weighted by Gasteiger charge is -2.32. The fourth-order valence-corrected chi connectivity index (χ4v) is 3.36. The molecule has 2 aliphatic rings. The number of methoxy groups -OCH3 is 1. The summed E-state index contributed by atoms with van der Waals surface area (Å²) in [6, 6.07) is 0.579. The minimum absolute atomic E-state index is 0. The van der Waals surface area contributed by atoms with Gasteiger partial charge in [0, 0.05) is 45.2 Å². The molecule has 1 aliphatic carbocycles. The topological polar surface area (TPSA) is 67.6 Å². The van der Waals surface area contributed by atoms with E-state index in [9.17, 15) is 4.79 Å². The van der Waals surface area contributed by atoms with Crippen LogP contribution < -0.4 is 11.1 Å². The lowest BCUT2D eigenvalue weighted by Crippen LogP contribution is -2.46. The van der Waals surface area contributed by atoms with Gasteiger partial charge in [-0.15, -0.1) is 24.8 Å². The lowest BCUT2D eigenvalue weighted by molar-refractivity contribution is -0.123. The van der Waals surface area contributed by atoms with Gasteiger partial charge in [-0.2, -0.15) is 0 Å². The summed E-state index contributed by atoms with van der Waals surface area (Å²) in [4.78, 5) is 14.5. The zero-order chi connectivity index (χ0) is 14.4. The maximum Gasteiger partial charge on any atom is 0.220 e.